The molecule has 2 nitrogen and oxygen atoms in total. The van der Waals surface area contributed by atoms with Crippen molar-refractivity contribution in [1.82, 2.24) is 9.78 Å². The van der Waals surface area contributed by atoms with Crippen LogP contribution >= 0.6 is 0 Å². The molecule has 0 saturated carbocycles. The summed E-state index contributed by atoms with van der Waals surface area (Å²) < 4.78 is 1.91. The fourth-order valence-electron chi connectivity index (χ4n) is 1.97. The minimum absolute atomic E-state index is 0.583. The highest BCUT2D eigenvalue weighted by Gasteiger charge is 2.07. The van der Waals surface area contributed by atoms with Crippen LogP contribution in [-0.4, -0.2) is 9.78 Å². The Morgan fingerprint density at radius 3 is 2.44 bits per heavy atom. The summed E-state index contributed by atoms with van der Waals surface area (Å²) in [5.41, 5.74) is 5.15. The van der Waals surface area contributed by atoms with Crippen LogP contribution in [0.1, 0.15) is 30.9 Å². The third-order valence-corrected chi connectivity index (χ3v) is 3.01. The topological polar surface area (TPSA) is 17.8 Å². The molecule has 0 aliphatic rings. The summed E-state index contributed by atoms with van der Waals surface area (Å²) in [6, 6.07) is 8.73. The fourth-order valence-corrected chi connectivity index (χ4v) is 1.97. The zero-order chi connectivity index (χ0) is 11.7. The van der Waals surface area contributed by atoms with E-state index in [4.69, 9.17) is 0 Å². The van der Waals surface area contributed by atoms with E-state index in [2.05, 4.69) is 50.1 Å². The fraction of sp³-hybridized carbons (Fsp3) is 0.357. The average molecular weight is 214 g/mol. The van der Waals surface area contributed by atoms with Crippen LogP contribution in [0.5, 0.6) is 0 Å². The van der Waals surface area contributed by atoms with E-state index in [1.165, 1.54) is 22.4 Å². The Labute approximate surface area is 96.9 Å². The predicted molar refractivity (Wildman–Crippen MR) is 67.5 cm³/mol. The Balaban J connectivity index is 2.48. The van der Waals surface area contributed by atoms with Crippen molar-refractivity contribution >= 4 is 0 Å². The van der Waals surface area contributed by atoms with Crippen LogP contribution in [0.3, 0.4) is 0 Å². The molecule has 1 aromatic carbocycles. The summed E-state index contributed by atoms with van der Waals surface area (Å²) >= 11 is 0. The molecule has 0 spiro atoms. The van der Waals surface area contributed by atoms with Crippen molar-refractivity contribution in [3.05, 3.63) is 41.6 Å². The summed E-state index contributed by atoms with van der Waals surface area (Å²) in [6.45, 7) is 6.60. The number of rotatable bonds is 2. The van der Waals surface area contributed by atoms with Gasteiger partial charge in [0, 0.05) is 18.8 Å². The second-order valence-corrected chi connectivity index (χ2v) is 4.57. The Morgan fingerprint density at radius 2 is 1.94 bits per heavy atom. The van der Waals surface area contributed by atoms with Crippen LogP contribution in [0.2, 0.25) is 0 Å². The lowest BCUT2D eigenvalue weighted by molar-refractivity contribution is 0.775. The van der Waals surface area contributed by atoms with Gasteiger partial charge in [-0.05, 0) is 30.0 Å². The van der Waals surface area contributed by atoms with Crippen LogP contribution in [0.25, 0.3) is 11.3 Å². The summed E-state index contributed by atoms with van der Waals surface area (Å²) in [5.74, 6) is 0.583. The van der Waals surface area contributed by atoms with Crippen molar-refractivity contribution in [2.75, 3.05) is 0 Å². The Morgan fingerprint density at radius 1 is 1.19 bits per heavy atom. The van der Waals surface area contributed by atoms with E-state index in [1.807, 2.05) is 17.9 Å². The molecule has 0 N–H and O–H groups in total. The lowest BCUT2D eigenvalue weighted by Crippen LogP contribution is -1.96. The van der Waals surface area contributed by atoms with Gasteiger partial charge in [0.15, 0.2) is 0 Å². The first-order valence-electron chi connectivity index (χ1n) is 5.68. The smallest absolute Gasteiger partial charge is 0.0681 e. The Kier molecular flexibility index (Phi) is 2.82. The summed E-state index contributed by atoms with van der Waals surface area (Å²) in [6.07, 6.45) is 1.84. The second kappa shape index (κ2) is 4.12. The molecule has 0 unspecified atom stereocenters. The van der Waals surface area contributed by atoms with Crippen LogP contribution in [0.4, 0.5) is 0 Å². The highest BCUT2D eigenvalue weighted by Crippen LogP contribution is 2.26. The monoisotopic (exact) mass is 214 g/mol. The molecule has 1 heterocycles. The molecule has 0 bridgehead atoms. The van der Waals surface area contributed by atoms with Gasteiger partial charge < -0.3 is 0 Å². The molecule has 84 valence electrons. The van der Waals surface area contributed by atoms with Crippen molar-refractivity contribution in [2.24, 2.45) is 7.05 Å². The molecule has 2 rings (SSSR count). The zero-order valence-corrected chi connectivity index (χ0v) is 10.4. The third-order valence-electron chi connectivity index (χ3n) is 3.01. The molecule has 0 aliphatic carbocycles. The van der Waals surface area contributed by atoms with Crippen LogP contribution < -0.4 is 0 Å². The summed E-state index contributed by atoms with van der Waals surface area (Å²) in [7, 11) is 1.98. The van der Waals surface area contributed by atoms with E-state index in [-0.39, 0.29) is 0 Å². The van der Waals surface area contributed by atoms with Gasteiger partial charge in [-0.1, -0.05) is 32.0 Å². The highest BCUT2D eigenvalue weighted by atomic mass is 15.3. The molecule has 0 saturated heterocycles. The van der Waals surface area contributed by atoms with Gasteiger partial charge in [0.1, 0.15) is 0 Å². The number of hydrogen-bond donors (Lipinski definition) is 0. The van der Waals surface area contributed by atoms with Gasteiger partial charge in [-0.2, -0.15) is 5.10 Å². The lowest BCUT2D eigenvalue weighted by Gasteiger charge is -2.11. The lowest BCUT2D eigenvalue weighted by atomic mass is 9.97. The molecule has 0 amide bonds. The molecule has 1 aromatic heterocycles. The van der Waals surface area contributed by atoms with E-state index in [1.54, 1.807) is 0 Å². The van der Waals surface area contributed by atoms with Crippen molar-refractivity contribution in [3.8, 4) is 11.3 Å². The maximum absolute atomic E-state index is 4.21. The first-order chi connectivity index (χ1) is 7.59. The molecule has 2 heteroatoms. The normalized spacial score (nSPS) is 11.1. The summed E-state index contributed by atoms with van der Waals surface area (Å²) in [4.78, 5) is 0. The quantitative estimate of drug-likeness (QED) is 0.748. The molecule has 2 aromatic rings. The SMILES string of the molecule is Cc1cc(C(C)C)ccc1-c1ccnn1C. The van der Waals surface area contributed by atoms with Crippen molar-refractivity contribution in [2.45, 2.75) is 26.7 Å². The Hall–Kier alpha value is -1.57. The van der Waals surface area contributed by atoms with Crippen molar-refractivity contribution in [3.63, 3.8) is 0 Å². The van der Waals surface area contributed by atoms with Crippen LogP contribution in [0, 0.1) is 6.92 Å². The Bertz CT molecular complexity index is 495. The molecule has 0 atom stereocenters. The largest absolute Gasteiger partial charge is 0.268 e. The number of aromatic nitrogens is 2. The minimum atomic E-state index is 0.583. The molecule has 0 radical (unpaired) electrons. The molecule has 16 heavy (non-hydrogen) atoms. The maximum atomic E-state index is 4.21. The van der Waals surface area contributed by atoms with Gasteiger partial charge in [-0.25, -0.2) is 0 Å². The zero-order valence-electron chi connectivity index (χ0n) is 10.4. The van der Waals surface area contributed by atoms with E-state index in [0.29, 0.717) is 5.92 Å². The van der Waals surface area contributed by atoms with Gasteiger partial charge >= 0.3 is 0 Å². The number of hydrogen-bond acceptors (Lipinski definition) is 1. The molecular formula is C14H18N2. The van der Waals surface area contributed by atoms with Crippen molar-refractivity contribution < 1.29 is 0 Å². The van der Waals surface area contributed by atoms with Gasteiger partial charge in [-0.3, -0.25) is 4.68 Å². The van der Waals surface area contributed by atoms with Gasteiger partial charge in [0.2, 0.25) is 0 Å². The maximum Gasteiger partial charge on any atom is 0.0681 e. The van der Waals surface area contributed by atoms with Gasteiger partial charge in [0.25, 0.3) is 0 Å². The number of benzene rings is 1. The van der Waals surface area contributed by atoms with Crippen molar-refractivity contribution in [1.29, 1.82) is 0 Å². The molecule has 0 aliphatic heterocycles. The van der Waals surface area contributed by atoms with Gasteiger partial charge in [-0.15, -0.1) is 0 Å². The highest BCUT2D eigenvalue weighted by molar-refractivity contribution is 5.64. The third kappa shape index (κ3) is 1.87. The average Bonchev–Trinajstić information content (AvgIpc) is 2.64. The van der Waals surface area contributed by atoms with Crippen LogP contribution in [-0.2, 0) is 7.05 Å². The van der Waals surface area contributed by atoms with Crippen LogP contribution in [0.15, 0.2) is 30.5 Å². The predicted octanol–water partition coefficient (Wildman–Crippen LogP) is 3.52. The van der Waals surface area contributed by atoms with E-state index >= 15 is 0 Å². The standard InChI is InChI=1S/C14H18N2/c1-10(2)12-5-6-13(11(3)9-12)14-7-8-15-16(14)4/h5-10H,1-4H3. The van der Waals surface area contributed by atoms with Gasteiger partial charge in [0.05, 0.1) is 5.69 Å². The molecular weight excluding hydrogens is 196 g/mol. The molecule has 0 fully saturated rings. The van der Waals surface area contributed by atoms with E-state index < -0.39 is 0 Å². The van der Waals surface area contributed by atoms with E-state index in [0.717, 1.165) is 0 Å². The van der Waals surface area contributed by atoms with E-state index in [9.17, 15) is 0 Å². The second-order valence-electron chi connectivity index (χ2n) is 4.57. The number of nitrogens with zero attached hydrogens (tertiary/aromatic N) is 2. The number of aryl methyl sites for hydroxylation is 2. The minimum Gasteiger partial charge on any atom is -0.268 e. The first kappa shape index (κ1) is 10.9. The summed E-state index contributed by atoms with van der Waals surface area (Å²) in [5, 5.41) is 4.21. The first-order valence-corrected chi connectivity index (χ1v) is 5.68.